The van der Waals surface area contributed by atoms with Crippen LogP contribution in [0, 0.1) is 0 Å². The van der Waals surface area contributed by atoms with Crippen LogP contribution < -0.4 is 10.6 Å². The second kappa shape index (κ2) is 5.40. The number of hydrogen-bond acceptors (Lipinski definition) is 3. The summed E-state index contributed by atoms with van der Waals surface area (Å²) in [4.78, 5) is 0. The molecule has 0 bridgehead atoms. The Morgan fingerprint density at radius 1 is 1.24 bits per heavy atom. The summed E-state index contributed by atoms with van der Waals surface area (Å²) in [6.07, 6.45) is 6.45. The number of rotatable bonds is 3. The highest BCUT2D eigenvalue weighted by Crippen LogP contribution is 2.28. The fourth-order valence-electron chi connectivity index (χ4n) is 3.55. The van der Waals surface area contributed by atoms with Gasteiger partial charge in [-0.1, -0.05) is 0 Å². The molecule has 1 aliphatic rings. The molecule has 2 heterocycles. The van der Waals surface area contributed by atoms with Gasteiger partial charge in [-0.2, -0.15) is 5.10 Å². The van der Waals surface area contributed by atoms with Gasteiger partial charge in [-0.05, 0) is 61.3 Å². The van der Waals surface area contributed by atoms with Gasteiger partial charge < -0.3 is 10.6 Å². The third-order valence-electron chi connectivity index (χ3n) is 4.11. The van der Waals surface area contributed by atoms with Crippen molar-refractivity contribution in [1.29, 1.82) is 0 Å². The summed E-state index contributed by atoms with van der Waals surface area (Å²) >= 11 is 0. The predicted molar refractivity (Wildman–Crippen MR) is 88.4 cm³/mol. The molecule has 1 aromatic rings. The summed E-state index contributed by atoms with van der Waals surface area (Å²) in [7, 11) is 0. The third-order valence-corrected chi connectivity index (χ3v) is 4.11. The standard InChI is InChI=1S/C17H32N4/c1-15(2,3)21-12-13(11-19-21)10-18-14-8-16(4,5)20-17(6,7)9-14/h11-12,14,18,20H,8-10H2,1-7H3. The average molecular weight is 292 g/mol. The van der Waals surface area contributed by atoms with E-state index < -0.39 is 0 Å². The Bertz CT molecular complexity index is 463. The molecule has 1 aliphatic heterocycles. The molecule has 0 aliphatic carbocycles. The number of piperidine rings is 1. The summed E-state index contributed by atoms with van der Waals surface area (Å²) in [6.45, 7) is 16.6. The quantitative estimate of drug-likeness (QED) is 0.900. The Kier molecular flexibility index (Phi) is 4.24. The lowest BCUT2D eigenvalue weighted by Crippen LogP contribution is -2.61. The molecule has 2 rings (SSSR count). The van der Waals surface area contributed by atoms with Crippen molar-refractivity contribution in [3.8, 4) is 0 Å². The Labute approximate surface area is 129 Å². The van der Waals surface area contributed by atoms with Gasteiger partial charge in [0.25, 0.3) is 0 Å². The molecule has 4 nitrogen and oxygen atoms in total. The van der Waals surface area contributed by atoms with Crippen molar-refractivity contribution in [3.63, 3.8) is 0 Å². The van der Waals surface area contributed by atoms with Crippen molar-refractivity contribution in [1.82, 2.24) is 20.4 Å². The maximum atomic E-state index is 4.47. The van der Waals surface area contributed by atoms with Crippen molar-refractivity contribution in [3.05, 3.63) is 18.0 Å². The summed E-state index contributed by atoms with van der Waals surface area (Å²) in [5.74, 6) is 0. The van der Waals surface area contributed by atoms with Gasteiger partial charge in [0, 0.05) is 35.4 Å². The van der Waals surface area contributed by atoms with Crippen molar-refractivity contribution in [2.45, 2.75) is 90.5 Å². The Morgan fingerprint density at radius 3 is 2.29 bits per heavy atom. The van der Waals surface area contributed by atoms with Crippen molar-refractivity contribution < 1.29 is 0 Å². The summed E-state index contributed by atoms with van der Waals surface area (Å²) in [6, 6.07) is 0.550. The molecule has 0 radical (unpaired) electrons. The first-order valence-electron chi connectivity index (χ1n) is 8.04. The fourth-order valence-corrected chi connectivity index (χ4v) is 3.55. The minimum Gasteiger partial charge on any atom is -0.310 e. The molecule has 21 heavy (non-hydrogen) atoms. The van der Waals surface area contributed by atoms with Gasteiger partial charge in [-0.25, -0.2) is 0 Å². The van der Waals surface area contributed by atoms with E-state index in [1.807, 2.05) is 10.9 Å². The Morgan fingerprint density at radius 2 is 1.81 bits per heavy atom. The zero-order valence-corrected chi connectivity index (χ0v) is 14.7. The van der Waals surface area contributed by atoms with E-state index in [-0.39, 0.29) is 16.6 Å². The van der Waals surface area contributed by atoms with E-state index in [0.29, 0.717) is 6.04 Å². The van der Waals surface area contributed by atoms with E-state index in [4.69, 9.17) is 0 Å². The van der Waals surface area contributed by atoms with Gasteiger partial charge in [0.15, 0.2) is 0 Å². The van der Waals surface area contributed by atoms with E-state index in [1.165, 1.54) is 5.56 Å². The van der Waals surface area contributed by atoms with Crippen LogP contribution in [0.5, 0.6) is 0 Å². The highest BCUT2D eigenvalue weighted by molar-refractivity contribution is 5.06. The number of hydrogen-bond donors (Lipinski definition) is 2. The first kappa shape index (κ1) is 16.5. The maximum absolute atomic E-state index is 4.47. The van der Waals surface area contributed by atoms with Crippen LogP contribution in [0.4, 0.5) is 0 Å². The van der Waals surface area contributed by atoms with E-state index in [9.17, 15) is 0 Å². The minimum atomic E-state index is 0.0526. The van der Waals surface area contributed by atoms with Crippen LogP contribution in [-0.2, 0) is 12.1 Å². The molecular weight excluding hydrogens is 260 g/mol. The highest BCUT2D eigenvalue weighted by atomic mass is 15.3. The monoisotopic (exact) mass is 292 g/mol. The van der Waals surface area contributed by atoms with E-state index in [1.54, 1.807) is 0 Å². The normalized spacial score (nSPS) is 22.4. The molecule has 2 N–H and O–H groups in total. The molecule has 0 amide bonds. The molecule has 1 aromatic heterocycles. The molecule has 0 atom stereocenters. The second-order valence-corrected chi connectivity index (χ2v) is 8.84. The van der Waals surface area contributed by atoms with Crippen LogP contribution >= 0.6 is 0 Å². The Balaban J connectivity index is 1.95. The van der Waals surface area contributed by atoms with Crippen LogP contribution in [-0.4, -0.2) is 26.9 Å². The summed E-state index contributed by atoms with van der Waals surface area (Å²) in [5.41, 5.74) is 1.69. The lowest BCUT2D eigenvalue weighted by atomic mass is 9.79. The lowest BCUT2D eigenvalue weighted by Gasteiger charge is -2.46. The number of aromatic nitrogens is 2. The van der Waals surface area contributed by atoms with Crippen LogP contribution in [0.1, 0.15) is 66.9 Å². The van der Waals surface area contributed by atoms with Gasteiger partial charge in [-0.15, -0.1) is 0 Å². The molecule has 120 valence electrons. The van der Waals surface area contributed by atoms with E-state index in [2.05, 4.69) is 70.4 Å². The van der Waals surface area contributed by atoms with Gasteiger partial charge in [0.2, 0.25) is 0 Å². The first-order valence-corrected chi connectivity index (χ1v) is 8.04. The molecule has 1 fully saturated rings. The maximum Gasteiger partial charge on any atom is 0.0543 e. The summed E-state index contributed by atoms with van der Waals surface area (Å²) < 4.78 is 2.04. The Hall–Kier alpha value is -0.870. The van der Waals surface area contributed by atoms with Crippen LogP contribution in [0.25, 0.3) is 0 Å². The van der Waals surface area contributed by atoms with Gasteiger partial charge >= 0.3 is 0 Å². The van der Waals surface area contributed by atoms with E-state index in [0.717, 1.165) is 19.4 Å². The molecule has 1 saturated heterocycles. The smallest absolute Gasteiger partial charge is 0.0543 e. The predicted octanol–water partition coefficient (Wildman–Crippen LogP) is 3.04. The molecule has 0 spiro atoms. The first-order chi connectivity index (χ1) is 9.47. The van der Waals surface area contributed by atoms with Crippen LogP contribution in [0.2, 0.25) is 0 Å². The largest absolute Gasteiger partial charge is 0.310 e. The molecule has 4 heteroatoms. The van der Waals surface area contributed by atoms with E-state index >= 15 is 0 Å². The topological polar surface area (TPSA) is 41.9 Å². The average Bonchev–Trinajstić information content (AvgIpc) is 2.69. The van der Waals surface area contributed by atoms with Crippen LogP contribution in [0.15, 0.2) is 12.4 Å². The minimum absolute atomic E-state index is 0.0526. The van der Waals surface area contributed by atoms with Gasteiger partial charge in [0.1, 0.15) is 0 Å². The number of nitrogens with zero attached hydrogens (tertiary/aromatic N) is 2. The van der Waals surface area contributed by atoms with Crippen molar-refractivity contribution in [2.24, 2.45) is 0 Å². The molecule has 0 saturated carbocycles. The van der Waals surface area contributed by atoms with Crippen molar-refractivity contribution >= 4 is 0 Å². The SMILES string of the molecule is CC1(C)CC(NCc2cnn(C(C)(C)C)c2)CC(C)(C)N1. The molecular formula is C17H32N4. The summed E-state index contributed by atoms with van der Waals surface area (Å²) in [5, 5.41) is 11.9. The molecule has 0 aromatic carbocycles. The lowest BCUT2D eigenvalue weighted by molar-refractivity contribution is 0.145. The highest BCUT2D eigenvalue weighted by Gasteiger charge is 2.37. The van der Waals surface area contributed by atoms with Crippen molar-refractivity contribution in [2.75, 3.05) is 0 Å². The van der Waals surface area contributed by atoms with Gasteiger partial charge in [-0.3, -0.25) is 4.68 Å². The van der Waals surface area contributed by atoms with Gasteiger partial charge in [0.05, 0.1) is 11.7 Å². The number of nitrogens with one attached hydrogen (secondary N) is 2. The zero-order valence-electron chi connectivity index (χ0n) is 14.7. The zero-order chi connectivity index (χ0) is 15.9. The molecule has 0 unspecified atom stereocenters. The third kappa shape index (κ3) is 4.55. The second-order valence-electron chi connectivity index (χ2n) is 8.84. The van der Waals surface area contributed by atoms with Crippen LogP contribution in [0.3, 0.4) is 0 Å². The fraction of sp³-hybridized carbons (Fsp3) is 0.824.